The second-order valence-corrected chi connectivity index (χ2v) is 8.49. The van der Waals surface area contributed by atoms with Crippen LogP contribution in [0.3, 0.4) is 0 Å². The van der Waals surface area contributed by atoms with Gasteiger partial charge in [0.05, 0.1) is 5.75 Å². The minimum atomic E-state index is -0.844. The summed E-state index contributed by atoms with van der Waals surface area (Å²) >= 11 is 7.44. The third kappa shape index (κ3) is 4.73. The Morgan fingerprint density at radius 1 is 1.03 bits per heavy atom. The third-order valence-corrected chi connectivity index (χ3v) is 6.40. The molecule has 1 aliphatic heterocycles. The van der Waals surface area contributed by atoms with Crippen LogP contribution in [-0.2, 0) is 11.3 Å². The van der Waals surface area contributed by atoms with Crippen molar-refractivity contribution in [3.05, 3.63) is 100 Å². The van der Waals surface area contributed by atoms with E-state index in [1.165, 1.54) is 17.8 Å². The summed E-state index contributed by atoms with van der Waals surface area (Å²) in [7, 11) is 0. The van der Waals surface area contributed by atoms with Crippen molar-refractivity contribution in [2.45, 2.75) is 11.9 Å². The fraction of sp³-hybridized carbons (Fsp3) is 0.130. The molecule has 4 rings (SSSR count). The van der Waals surface area contributed by atoms with Crippen molar-refractivity contribution in [2.75, 3.05) is 11.1 Å². The number of amides is 2. The lowest BCUT2D eigenvalue weighted by Crippen LogP contribution is -2.27. The standard InChI is InChI=1S/C23H17ClF2N2O2S/c24-17-10-4-14(5-11-17)12-28-20(29)13-31-23(28)16-8-6-15(7-9-16)22(30)27-21-18(25)2-1-3-19(21)26/h1-11,23H,12-13H2,(H,27,30)/t23-/m0/s1. The average Bonchev–Trinajstić information content (AvgIpc) is 3.12. The minimum Gasteiger partial charge on any atom is -0.322 e. The van der Waals surface area contributed by atoms with Crippen molar-refractivity contribution >= 4 is 40.9 Å². The van der Waals surface area contributed by atoms with Gasteiger partial charge in [0, 0.05) is 17.1 Å². The summed E-state index contributed by atoms with van der Waals surface area (Å²) in [4.78, 5) is 26.6. The SMILES string of the molecule is O=C(Nc1c(F)cccc1F)c1ccc([C@@H]2SCC(=O)N2Cc2ccc(Cl)cc2)cc1. The number of anilines is 1. The first kappa shape index (κ1) is 21.3. The number of para-hydroxylation sites is 1. The number of rotatable bonds is 5. The van der Waals surface area contributed by atoms with Gasteiger partial charge < -0.3 is 10.2 Å². The first-order valence-electron chi connectivity index (χ1n) is 9.43. The maximum absolute atomic E-state index is 13.8. The maximum Gasteiger partial charge on any atom is 0.255 e. The molecule has 1 N–H and O–H groups in total. The number of carbonyl (C=O) groups is 2. The normalized spacial score (nSPS) is 15.9. The highest BCUT2D eigenvalue weighted by Crippen LogP contribution is 2.39. The molecule has 31 heavy (non-hydrogen) atoms. The molecule has 0 aliphatic carbocycles. The number of benzene rings is 3. The average molecular weight is 459 g/mol. The summed E-state index contributed by atoms with van der Waals surface area (Å²) in [6.07, 6.45) is 0. The molecule has 158 valence electrons. The van der Waals surface area contributed by atoms with Gasteiger partial charge in [0.1, 0.15) is 22.7 Å². The topological polar surface area (TPSA) is 49.4 Å². The van der Waals surface area contributed by atoms with E-state index in [1.54, 1.807) is 41.3 Å². The van der Waals surface area contributed by atoms with Crippen LogP contribution in [-0.4, -0.2) is 22.5 Å². The number of hydrogen-bond acceptors (Lipinski definition) is 3. The summed E-state index contributed by atoms with van der Waals surface area (Å²) < 4.78 is 27.5. The lowest BCUT2D eigenvalue weighted by molar-refractivity contribution is -0.128. The van der Waals surface area contributed by atoms with Gasteiger partial charge in [0.25, 0.3) is 5.91 Å². The molecular weight excluding hydrogens is 442 g/mol. The molecule has 1 atom stereocenters. The molecular formula is C23H17ClF2N2O2S. The molecule has 1 saturated heterocycles. The van der Waals surface area contributed by atoms with Crippen LogP contribution in [0.5, 0.6) is 0 Å². The van der Waals surface area contributed by atoms with Crippen molar-refractivity contribution in [2.24, 2.45) is 0 Å². The van der Waals surface area contributed by atoms with Crippen molar-refractivity contribution in [3.8, 4) is 0 Å². The molecule has 0 bridgehead atoms. The molecule has 8 heteroatoms. The Bertz CT molecular complexity index is 1100. The number of nitrogens with zero attached hydrogens (tertiary/aromatic N) is 1. The van der Waals surface area contributed by atoms with E-state index in [-0.39, 0.29) is 16.8 Å². The van der Waals surface area contributed by atoms with Gasteiger partial charge in [-0.2, -0.15) is 0 Å². The Hall–Kier alpha value is -2.90. The number of nitrogens with one attached hydrogen (secondary N) is 1. The van der Waals surface area contributed by atoms with Crippen molar-refractivity contribution in [3.63, 3.8) is 0 Å². The summed E-state index contributed by atoms with van der Waals surface area (Å²) in [6.45, 7) is 0.447. The number of hydrogen-bond donors (Lipinski definition) is 1. The third-order valence-electron chi connectivity index (χ3n) is 4.89. The summed E-state index contributed by atoms with van der Waals surface area (Å²) in [5.74, 6) is -1.91. The molecule has 1 heterocycles. The van der Waals surface area contributed by atoms with Crippen LogP contribution in [0, 0.1) is 11.6 Å². The van der Waals surface area contributed by atoms with E-state index in [0.717, 1.165) is 23.3 Å². The molecule has 3 aromatic carbocycles. The van der Waals surface area contributed by atoms with E-state index < -0.39 is 23.2 Å². The molecule has 4 nitrogen and oxygen atoms in total. The zero-order valence-electron chi connectivity index (χ0n) is 16.1. The van der Waals surface area contributed by atoms with Gasteiger partial charge in [-0.25, -0.2) is 8.78 Å². The quantitative estimate of drug-likeness (QED) is 0.538. The fourth-order valence-electron chi connectivity index (χ4n) is 3.29. The Kier molecular flexibility index (Phi) is 6.25. The predicted octanol–water partition coefficient (Wildman–Crippen LogP) is 5.64. The summed E-state index contributed by atoms with van der Waals surface area (Å²) in [5, 5.41) is 2.71. The largest absolute Gasteiger partial charge is 0.322 e. The molecule has 3 aromatic rings. The number of thioether (sulfide) groups is 1. The van der Waals surface area contributed by atoms with E-state index in [4.69, 9.17) is 11.6 Å². The predicted molar refractivity (Wildman–Crippen MR) is 118 cm³/mol. The highest BCUT2D eigenvalue weighted by Gasteiger charge is 2.32. The van der Waals surface area contributed by atoms with Crippen molar-refractivity contribution in [1.82, 2.24) is 4.90 Å². The minimum absolute atomic E-state index is 0.0294. The number of carbonyl (C=O) groups excluding carboxylic acids is 2. The van der Waals surface area contributed by atoms with Crippen LogP contribution in [0.15, 0.2) is 66.7 Å². The maximum atomic E-state index is 13.8. The second-order valence-electron chi connectivity index (χ2n) is 6.98. The number of halogens is 3. The highest BCUT2D eigenvalue weighted by atomic mass is 35.5. The molecule has 0 spiro atoms. The molecule has 1 fully saturated rings. The molecule has 1 aliphatic rings. The first-order chi connectivity index (χ1) is 14.9. The molecule has 0 aromatic heterocycles. The summed E-state index contributed by atoms with van der Waals surface area (Å²) in [5.41, 5.74) is 1.60. The van der Waals surface area contributed by atoms with Crippen LogP contribution < -0.4 is 5.32 Å². The van der Waals surface area contributed by atoms with Gasteiger partial charge in [-0.1, -0.05) is 41.9 Å². The van der Waals surface area contributed by atoms with Crippen LogP contribution in [0.1, 0.15) is 26.9 Å². The molecule has 2 amide bonds. The highest BCUT2D eigenvalue weighted by molar-refractivity contribution is 8.00. The zero-order chi connectivity index (χ0) is 22.0. The van der Waals surface area contributed by atoms with Gasteiger partial charge in [-0.15, -0.1) is 11.8 Å². The van der Waals surface area contributed by atoms with Crippen LogP contribution >= 0.6 is 23.4 Å². The molecule has 0 unspecified atom stereocenters. The Morgan fingerprint density at radius 2 is 1.68 bits per heavy atom. The Balaban J connectivity index is 1.49. The molecule has 0 saturated carbocycles. The van der Waals surface area contributed by atoms with E-state index >= 15 is 0 Å². The van der Waals surface area contributed by atoms with Gasteiger partial charge >= 0.3 is 0 Å². The zero-order valence-corrected chi connectivity index (χ0v) is 17.7. The van der Waals surface area contributed by atoms with E-state index in [0.29, 0.717) is 17.3 Å². The lowest BCUT2D eigenvalue weighted by Gasteiger charge is -2.24. The smallest absolute Gasteiger partial charge is 0.255 e. The Morgan fingerprint density at radius 3 is 2.32 bits per heavy atom. The van der Waals surface area contributed by atoms with Crippen molar-refractivity contribution < 1.29 is 18.4 Å². The second kappa shape index (κ2) is 9.08. The first-order valence-corrected chi connectivity index (χ1v) is 10.9. The molecule has 0 radical (unpaired) electrons. The van der Waals surface area contributed by atoms with Crippen LogP contribution in [0.4, 0.5) is 14.5 Å². The van der Waals surface area contributed by atoms with Gasteiger partial charge in [0.2, 0.25) is 5.91 Å². The van der Waals surface area contributed by atoms with Gasteiger partial charge in [-0.3, -0.25) is 9.59 Å². The van der Waals surface area contributed by atoms with Crippen LogP contribution in [0.2, 0.25) is 5.02 Å². The monoisotopic (exact) mass is 458 g/mol. The Labute approximate surface area is 187 Å². The van der Waals surface area contributed by atoms with Gasteiger partial charge in [0.15, 0.2) is 0 Å². The lowest BCUT2D eigenvalue weighted by atomic mass is 10.1. The van der Waals surface area contributed by atoms with E-state index in [1.807, 2.05) is 12.1 Å². The van der Waals surface area contributed by atoms with E-state index in [9.17, 15) is 18.4 Å². The van der Waals surface area contributed by atoms with Crippen molar-refractivity contribution in [1.29, 1.82) is 0 Å². The summed E-state index contributed by atoms with van der Waals surface area (Å²) in [6, 6.07) is 17.4. The van der Waals surface area contributed by atoms with E-state index in [2.05, 4.69) is 5.32 Å². The van der Waals surface area contributed by atoms with Gasteiger partial charge in [-0.05, 0) is 47.5 Å². The van der Waals surface area contributed by atoms with Crippen LogP contribution in [0.25, 0.3) is 0 Å². The fourth-order valence-corrected chi connectivity index (χ4v) is 4.60.